The number of ketones is 1. The number of carbonyl (C=O) groups is 1. The van der Waals surface area contributed by atoms with E-state index < -0.39 is 0 Å². The molecule has 1 atom stereocenters. The van der Waals surface area contributed by atoms with Gasteiger partial charge in [0, 0.05) is 12.5 Å². The number of hydrogen-bond acceptors (Lipinski definition) is 2. The van der Waals surface area contributed by atoms with Gasteiger partial charge in [-0.15, -0.1) is 0 Å². The summed E-state index contributed by atoms with van der Waals surface area (Å²) in [7, 11) is 0. The summed E-state index contributed by atoms with van der Waals surface area (Å²) in [5.74, 6) is 0.146. The SMILES string of the molecule is NC1C=CC(=O)C1. The van der Waals surface area contributed by atoms with Crippen molar-refractivity contribution in [2.45, 2.75) is 12.5 Å². The summed E-state index contributed by atoms with van der Waals surface area (Å²) in [5, 5.41) is 0. The predicted octanol–water partition coefficient (Wildman–Crippen LogP) is -0.157. The van der Waals surface area contributed by atoms with Crippen molar-refractivity contribution in [3.63, 3.8) is 0 Å². The van der Waals surface area contributed by atoms with E-state index in [-0.39, 0.29) is 11.8 Å². The van der Waals surface area contributed by atoms with E-state index in [9.17, 15) is 4.79 Å². The first-order valence-corrected chi connectivity index (χ1v) is 2.25. The van der Waals surface area contributed by atoms with Crippen molar-refractivity contribution in [3.05, 3.63) is 12.2 Å². The Kier molecular flexibility index (Phi) is 0.947. The summed E-state index contributed by atoms with van der Waals surface area (Å²) < 4.78 is 0. The highest BCUT2D eigenvalue weighted by atomic mass is 16.1. The molecule has 0 aliphatic heterocycles. The van der Waals surface area contributed by atoms with E-state index in [0.29, 0.717) is 6.42 Å². The van der Waals surface area contributed by atoms with Crippen molar-refractivity contribution in [2.24, 2.45) is 5.73 Å². The predicted molar refractivity (Wildman–Crippen MR) is 26.7 cm³/mol. The first kappa shape index (κ1) is 4.53. The van der Waals surface area contributed by atoms with Crippen LogP contribution >= 0.6 is 0 Å². The molecule has 0 fully saturated rings. The van der Waals surface area contributed by atoms with Crippen LogP contribution in [0.5, 0.6) is 0 Å². The van der Waals surface area contributed by atoms with E-state index in [2.05, 4.69) is 0 Å². The smallest absolute Gasteiger partial charge is 0.157 e. The maximum absolute atomic E-state index is 10.3. The Balaban J connectivity index is 2.58. The van der Waals surface area contributed by atoms with Crippen LogP contribution in [0.2, 0.25) is 0 Å². The maximum Gasteiger partial charge on any atom is 0.157 e. The Labute approximate surface area is 42.0 Å². The van der Waals surface area contributed by atoms with Gasteiger partial charge < -0.3 is 5.73 Å². The lowest BCUT2D eigenvalue weighted by Crippen LogP contribution is -2.14. The summed E-state index contributed by atoms with van der Waals surface area (Å²) in [6.45, 7) is 0. The van der Waals surface area contributed by atoms with E-state index >= 15 is 0 Å². The molecule has 1 rings (SSSR count). The molecule has 38 valence electrons. The fourth-order valence-corrected chi connectivity index (χ4v) is 0.599. The lowest BCUT2D eigenvalue weighted by atomic mass is 10.3. The van der Waals surface area contributed by atoms with Crippen molar-refractivity contribution >= 4 is 5.78 Å². The topological polar surface area (TPSA) is 43.1 Å². The molecule has 0 spiro atoms. The molecule has 0 aromatic heterocycles. The zero-order valence-corrected chi connectivity index (χ0v) is 3.92. The van der Waals surface area contributed by atoms with Crippen LogP contribution in [-0.2, 0) is 4.79 Å². The Bertz CT molecular complexity index is 117. The normalized spacial score (nSPS) is 29.3. The molecule has 2 heteroatoms. The van der Waals surface area contributed by atoms with Gasteiger partial charge in [-0.1, -0.05) is 6.08 Å². The van der Waals surface area contributed by atoms with E-state index in [1.54, 1.807) is 6.08 Å². The summed E-state index contributed by atoms with van der Waals surface area (Å²) in [6.07, 6.45) is 3.76. The van der Waals surface area contributed by atoms with E-state index in [1.165, 1.54) is 6.08 Å². The molecule has 1 aliphatic rings. The number of allylic oxidation sites excluding steroid dienone is 1. The fourth-order valence-electron chi connectivity index (χ4n) is 0.599. The zero-order valence-electron chi connectivity index (χ0n) is 3.92. The van der Waals surface area contributed by atoms with Crippen LogP contribution in [0.25, 0.3) is 0 Å². The van der Waals surface area contributed by atoms with Crippen molar-refractivity contribution in [3.8, 4) is 0 Å². The molecule has 0 saturated heterocycles. The molecule has 7 heavy (non-hydrogen) atoms. The maximum atomic E-state index is 10.3. The van der Waals surface area contributed by atoms with Gasteiger partial charge >= 0.3 is 0 Å². The standard InChI is InChI=1S/C5H7NO/c6-4-1-2-5(7)3-4/h1-2,4H,3,6H2. The minimum Gasteiger partial charge on any atom is -0.324 e. The molecule has 0 heterocycles. The van der Waals surface area contributed by atoms with Gasteiger partial charge in [0.05, 0.1) is 0 Å². The third-order valence-electron chi connectivity index (χ3n) is 0.966. The van der Waals surface area contributed by atoms with Gasteiger partial charge in [-0.05, 0) is 6.08 Å². The Morgan fingerprint density at radius 1 is 1.86 bits per heavy atom. The number of hydrogen-bond donors (Lipinski definition) is 1. The van der Waals surface area contributed by atoms with Crippen LogP contribution in [0.15, 0.2) is 12.2 Å². The van der Waals surface area contributed by atoms with Crippen LogP contribution in [0.1, 0.15) is 6.42 Å². The molecule has 0 amide bonds. The molecule has 0 saturated carbocycles. The van der Waals surface area contributed by atoms with Gasteiger partial charge in [-0.2, -0.15) is 0 Å². The lowest BCUT2D eigenvalue weighted by molar-refractivity contribution is -0.114. The first-order chi connectivity index (χ1) is 3.29. The Hall–Kier alpha value is -0.630. The van der Waals surface area contributed by atoms with Crippen LogP contribution in [0.4, 0.5) is 0 Å². The van der Waals surface area contributed by atoms with E-state index in [4.69, 9.17) is 5.73 Å². The highest BCUT2D eigenvalue weighted by molar-refractivity contribution is 5.92. The molecule has 1 aliphatic carbocycles. The number of carbonyl (C=O) groups excluding carboxylic acids is 1. The molecular formula is C5H7NO. The minimum absolute atomic E-state index is 0.00694. The second kappa shape index (κ2) is 1.46. The van der Waals surface area contributed by atoms with Crippen molar-refractivity contribution in [2.75, 3.05) is 0 Å². The molecule has 0 aromatic carbocycles. The van der Waals surface area contributed by atoms with E-state index in [0.717, 1.165) is 0 Å². The molecule has 2 nitrogen and oxygen atoms in total. The van der Waals surface area contributed by atoms with Crippen molar-refractivity contribution in [1.29, 1.82) is 0 Å². The molecule has 0 aromatic rings. The van der Waals surface area contributed by atoms with E-state index in [1.807, 2.05) is 0 Å². The summed E-state index contributed by atoms with van der Waals surface area (Å²) >= 11 is 0. The highest BCUT2D eigenvalue weighted by Gasteiger charge is 2.09. The Morgan fingerprint density at radius 3 is 2.71 bits per heavy atom. The Morgan fingerprint density at radius 2 is 2.57 bits per heavy atom. The van der Waals surface area contributed by atoms with Gasteiger partial charge in [0.15, 0.2) is 5.78 Å². The number of nitrogens with two attached hydrogens (primary N) is 1. The zero-order chi connectivity index (χ0) is 5.28. The molecule has 2 N–H and O–H groups in total. The van der Waals surface area contributed by atoms with Gasteiger partial charge in [0.25, 0.3) is 0 Å². The quantitative estimate of drug-likeness (QED) is 0.456. The van der Waals surface area contributed by atoms with Crippen LogP contribution in [0, 0.1) is 0 Å². The minimum atomic E-state index is -0.00694. The third-order valence-corrected chi connectivity index (χ3v) is 0.966. The summed E-state index contributed by atoms with van der Waals surface area (Å²) in [4.78, 5) is 10.3. The van der Waals surface area contributed by atoms with Gasteiger partial charge in [0.2, 0.25) is 0 Å². The van der Waals surface area contributed by atoms with Crippen LogP contribution in [0.3, 0.4) is 0 Å². The highest BCUT2D eigenvalue weighted by Crippen LogP contribution is 2.00. The fraction of sp³-hybridized carbons (Fsp3) is 0.400. The second-order valence-electron chi connectivity index (χ2n) is 1.69. The summed E-state index contributed by atoms with van der Waals surface area (Å²) in [5.41, 5.74) is 5.32. The largest absolute Gasteiger partial charge is 0.324 e. The van der Waals surface area contributed by atoms with Gasteiger partial charge in [-0.3, -0.25) is 4.79 Å². The average Bonchev–Trinajstić information content (AvgIpc) is 1.87. The monoisotopic (exact) mass is 97.1 g/mol. The third kappa shape index (κ3) is 0.871. The summed E-state index contributed by atoms with van der Waals surface area (Å²) in [6, 6.07) is -0.00694. The van der Waals surface area contributed by atoms with Crippen molar-refractivity contribution < 1.29 is 4.79 Å². The van der Waals surface area contributed by atoms with Gasteiger partial charge in [0.1, 0.15) is 0 Å². The first-order valence-electron chi connectivity index (χ1n) is 2.25. The second-order valence-corrected chi connectivity index (χ2v) is 1.69. The molecular weight excluding hydrogens is 90.1 g/mol. The average molecular weight is 97.1 g/mol. The molecule has 0 bridgehead atoms. The number of rotatable bonds is 0. The van der Waals surface area contributed by atoms with Crippen LogP contribution < -0.4 is 5.73 Å². The van der Waals surface area contributed by atoms with Crippen molar-refractivity contribution in [1.82, 2.24) is 0 Å². The van der Waals surface area contributed by atoms with Crippen LogP contribution in [-0.4, -0.2) is 11.8 Å². The molecule has 0 radical (unpaired) electrons. The lowest BCUT2D eigenvalue weighted by Gasteiger charge is -1.89. The molecule has 1 unspecified atom stereocenters. The van der Waals surface area contributed by atoms with Gasteiger partial charge in [-0.25, -0.2) is 0 Å².